The van der Waals surface area contributed by atoms with Gasteiger partial charge in [0.2, 0.25) is 0 Å². The number of methoxy groups -OCH3 is 2. The van der Waals surface area contributed by atoms with E-state index in [-0.39, 0.29) is 0 Å². The highest BCUT2D eigenvalue weighted by Gasteiger charge is 2.35. The lowest BCUT2D eigenvalue weighted by Crippen LogP contribution is -2.40. The second kappa shape index (κ2) is 9.52. The molecule has 1 fully saturated rings. The number of carbonyl (C=O) groups is 2. The lowest BCUT2D eigenvalue weighted by atomic mass is 9.83. The third-order valence-corrected chi connectivity index (χ3v) is 4.99. The van der Waals surface area contributed by atoms with E-state index in [1.54, 1.807) is 12.4 Å². The van der Waals surface area contributed by atoms with Gasteiger partial charge in [0.1, 0.15) is 0 Å². The van der Waals surface area contributed by atoms with Crippen LogP contribution in [0.2, 0.25) is 0 Å². The van der Waals surface area contributed by atoms with Gasteiger partial charge in [0.25, 0.3) is 0 Å². The standard InChI is InChI=1S/C21H26N2O5/c1-26-20(24)17-14-23(9-8-22-10-12-28-13-11-22)15-18(21(25)27-2)19(17)16-6-4-3-5-7-16/h3-7,14-15,19H,8-13H2,1-2H3. The van der Waals surface area contributed by atoms with Gasteiger partial charge in [-0.2, -0.15) is 0 Å². The van der Waals surface area contributed by atoms with E-state index >= 15 is 0 Å². The average Bonchev–Trinajstić information content (AvgIpc) is 2.77. The van der Waals surface area contributed by atoms with Crippen LogP contribution in [0.1, 0.15) is 11.5 Å². The van der Waals surface area contributed by atoms with Gasteiger partial charge in [0, 0.05) is 38.6 Å². The van der Waals surface area contributed by atoms with Gasteiger partial charge in [-0.1, -0.05) is 30.3 Å². The van der Waals surface area contributed by atoms with E-state index in [1.165, 1.54) is 14.2 Å². The molecular formula is C21H26N2O5. The van der Waals surface area contributed by atoms with E-state index in [0.29, 0.717) is 17.7 Å². The van der Waals surface area contributed by atoms with Crippen molar-refractivity contribution < 1.29 is 23.8 Å². The molecule has 0 atom stereocenters. The second-order valence-electron chi connectivity index (χ2n) is 6.69. The van der Waals surface area contributed by atoms with Crippen molar-refractivity contribution in [3.8, 4) is 0 Å². The minimum Gasteiger partial charge on any atom is -0.466 e. The summed E-state index contributed by atoms with van der Waals surface area (Å²) >= 11 is 0. The topological polar surface area (TPSA) is 68.3 Å². The Labute approximate surface area is 165 Å². The van der Waals surface area contributed by atoms with Crippen molar-refractivity contribution in [1.82, 2.24) is 9.80 Å². The maximum atomic E-state index is 12.5. The molecular weight excluding hydrogens is 360 g/mol. The van der Waals surface area contributed by atoms with Gasteiger partial charge in [0.05, 0.1) is 44.5 Å². The Bertz CT molecular complexity index is 719. The zero-order valence-corrected chi connectivity index (χ0v) is 16.3. The Morgan fingerprint density at radius 3 is 2.07 bits per heavy atom. The smallest absolute Gasteiger partial charge is 0.336 e. The van der Waals surface area contributed by atoms with Gasteiger partial charge in [-0.05, 0) is 5.56 Å². The van der Waals surface area contributed by atoms with Crippen LogP contribution in [0.5, 0.6) is 0 Å². The highest BCUT2D eigenvalue weighted by atomic mass is 16.5. The molecule has 1 aromatic rings. The van der Waals surface area contributed by atoms with Gasteiger partial charge in [-0.3, -0.25) is 4.90 Å². The predicted molar refractivity (Wildman–Crippen MR) is 103 cm³/mol. The summed E-state index contributed by atoms with van der Waals surface area (Å²) in [4.78, 5) is 29.2. The van der Waals surface area contributed by atoms with E-state index in [0.717, 1.165) is 38.4 Å². The summed E-state index contributed by atoms with van der Waals surface area (Å²) in [5.74, 6) is -1.44. The van der Waals surface area contributed by atoms with Crippen molar-refractivity contribution in [2.75, 3.05) is 53.6 Å². The quantitative estimate of drug-likeness (QED) is 0.687. The average molecular weight is 386 g/mol. The first kappa shape index (κ1) is 20.1. The van der Waals surface area contributed by atoms with Gasteiger partial charge >= 0.3 is 11.9 Å². The van der Waals surface area contributed by atoms with E-state index in [4.69, 9.17) is 14.2 Å². The Balaban J connectivity index is 1.89. The first-order valence-electron chi connectivity index (χ1n) is 9.35. The molecule has 150 valence electrons. The van der Waals surface area contributed by atoms with Gasteiger partial charge in [-0.25, -0.2) is 9.59 Å². The van der Waals surface area contributed by atoms with E-state index in [1.807, 2.05) is 35.2 Å². The molecule has 3 rings (SSSR count). The van der Waals surface area contributed by atoms with Crippen molar-refractivity contribution in [3.05, 3.63) is 59.4 Å². The van der Waals surface area contributed by atoms with Crippen LogP contribution >= 0.6 is 0 Å². The monoisotopic (exact) mass is 386 g/mol. The molecule has 7 nitrogen and oxygen atoms in total. The first-order valence-corrected chi connectivity index (χ1v) is 9.35. The molecule has 1 saturated heterocycles. The van der Waals surface area contributed by atoms with Gasteiger partial charge < -0.3 is 19.1 Å². The Morgan fingerprint density at radius 1 is 0.964 bits per heavy atom. The summed E-state index contributed by atoms with van der Waals surface area (Å²) in [6, 6.07) is 9.43. The van der Waals surface area contributed by atoms with Crippen LogP contribution in [0, 0.1) is 0 Å². The minimum absolute atomic E-state index is 0.415. The molecule has 0 unspecified atom stereocenters. The fourth-order valence-electron chi connectivity index (χ4n) is 3.50. The van der Waals surface area contributed by atoms with Crippen LogP contribution in [-0.4, -0.2) is 75.4 Å². The number of nitrogens with zero attached hydrogens (tertiary/aromatic N) is 2. The maximum Gasteiger partial charge on any atom is 0.336 e. The molecule has 0 aromatic heterocycles. The third kappa shape index (κ3) is 4.61. The molecule has 0 saturated carbocycles. The molecule has 0 amide bonds. The Morgan fingerprint density at radius 2 is 1.54 bits per heavy atom. The number of hydrogen-bond acceptors (Lipinski definition) is 7. The molecule has 28 heavy (non-hydrogen) atoms. The Kier molecular flexibility index (Phi) is 6.84. The molecule has 0 radical (unpaired) electrons. The molecule has 2 aliphatic rings. The molecule has 7 heteroatoms. The summed E-state index contributed by atoms with van der Waals surface area (Å²) in [6.45, 7) is 4.65. The summed E-state index contributed by atoms with van der Waals surface area (Å²) in [5.41, 5.74) is 1.67. The number of carbonyl (C=O) groups excluding carboxylic acids is 2. The van der Waals surface area contributed by atoms with Gasteiger partial charge in [-0.15, -0.1) is 0 Å². The maximum absolute atomic E-state index is 12.5. The SMILES string of the molecule is COC(=O)C1=CN(CCN2CCOCC2)C=C(C(=O)OC)C1c1ccccc1. The number of esters is 2. The molecule has 1 aromatic carbocycles. The number of benzene rings is 1. The minimum atomic E-state index is -0.527. The molecule has 0 bridgehead atoms. The molecule has 0 aliphatic carbocycles. The van der Waals surface area contributed by atoms with Crippen LogP contribution in [-0.2, 0) is 23.8 Å². The lowest BCUT2D eigenvalue weighted by molar-refractivity contribution is -0.137. The van der Waals surface area contributed by atoms with Crippen molar-refractivity contribution in [1.29, 1.82) is 0 Å². The number of rotatable bonds is 6. The highest BCUT2D eigenvalue weighted by molar-refractivity contribution is 5.98. The van der Waals surface area contributed by atoms with E-state index in [9.17, 15) is 9.59 Å². The summed E-state index contributed by atoms with van der Waals surface area (Å²) < 4.78 is 15.4. The van der Waals surface area contributed by atoms with Gasteiger partial charge in [0.15, 0.2) is 0 Å². The molecule has 0 N–H and O–H groups in total. The number of ether oxygens (including phenoxy) is 3. The van der Waals surface area contributed by atoms with Crippen molar-refractivity contribution in [3.63, 3.8) is 0 Å². The van der Waals surface area contributed by atoms with Crippen LogP contribution in [0.15, 0.2) is 53.9 Å². The third-order valence-electron chi connectivity index (χ3n) is 4.99. The van der Waals surface area contributed by atoms with Crippen LogP contribution < -0.4 is 0 Å². The largest absolute Gasteiger partial charge is 0.466 e. The van der Waals surface area contributed by atoms with E-state index < -0.39 is 17.9 Å². The fourth-order valence-corrected chi connectivity index (χ4v) is 3.50. The highest BCUT2D eigenvalue weighted by Crippen LogP contribution is 2.36. The summed E-state index contributed by atoms with van der Waals surface area (Å²) in [5, 5.41) is 0. The Hall–Kier alpha value is -2.64. The molecule has 0 spiro atoms. The normalized spacial score (nSPS) is 18.3. The van der Waals surface area contributed by atoms with Crippen LogP contribution in [0.3, 0.4) is 0 Å². The zero-order valence-electron chi connectivity index (χ0n) is 16.3. The first-order chi connectivity index (χ1) is 13.6. The number of hydrogen-bond donors (Lipinski definition) is 0. The lowest BCUT2D eigenvalue weighted by Gasteiger charge is -2.32. The van der Waals surface area contributed by atoms with Crippen LogP contribution in [0.25, 0.3) is 0 Å². The summed E-state index contributed by atoms with van der Waals surface area (Å²) in [6.07, 6.45) is 3.55. The van der Waals surface area contributed by atoms with Crippen molar-refractivity contribution in [2.24, 2.45) is 0 Å². The van der Waals surface area contributed by atoms with Crippen LogP contribution in [0.4, 0.5) is 0 Å². The molecule has 2 heterocycles. The molecule has 2 aliphatic heterocycles. The fraction of sp³-hybridized carbons (Fsp3) is 0.429. The summed E-state index contributed by atoms with van der Waals surface area (Å²) in [7, 11) is 2.69. The van der Waals surface area contributed by atoms with E-state index in [2.05, 4.69) is 4.90 Å². The van der Waals surface area contributed by atoms with Crippen molar-refractivity contribution >= 4 is 11.9 Å². The zero-order chi connectivity index (χ0) is 19.9. The second-order valence-corrected chi connectivity index (χ2v) is 6.69. The number of morpholine rings is 1. The predicted octanol–water partition coefficient (Wildman–Crippen LogP) is 1.53. The van der Waals surface area contributed by atoms with Crippen molar-refractivity contribution in [2.45, 2.75) is 5.92 Å².